The van der Waals surface area contributed by atoms with Gasteiger partial charge in [0.25, 0.3) is 5.91 Å². The first kappa shape index (κ1) is 16.2. The molecule has 0 aliphatic carbocycles. The molecule has 22 heavy (non-hydrogen) atoms. The molecule has 0 saturated carbocycles. The van der Waals surface area contributed by atoms with Crippen molar-refractivity contribution in [2.45, 2.75) is 19.4 Å². The van der Waals surface area contributed by atoms with Gasteiger partial charge >= 0.3 is 5.97 Å². The summed E-state index contributed by atoms with van der Waals surface area (Å²) < 4.78 is 0.769. The van der Waals surface area contributed by atoms with Crippen molar-refractivity contribution in [3.63, 3.8) is 0 Å². The lowest BCUT2D eigenvalue weighted by molar-refractivity contribution is -0.139. The van der Waals surface area contributed by atoms with Crippen molar-refractivity contribution >= 4 is 27.8 Å². The Balaban J connectivity index is 2.12. The van der Waals surface area contributed by atoms with Gasteiger partial charge in [0, 0.05) is 16.5 Å². The van der Waals surface area contributed by atoms with E-state index in [-0.39, 0.29) is 6.42 Å². The predicted octanol–water partition coefficient (Wildman–Crippen LogP) is 3.18. The maximum absolute atomic E-state index is 12.2. The van der Waals surface area contributed by atoms with E-state index in [1.54, 1.807) is 24.3 Å². The van der Waals surface area contributed by atoms with Crippen LogP contribution in [0.1, 0.15) is 21.5 Å². The Bertz CT molecular complexity index is 700. The summed E-state index contributed by atoms with van der Waals surface area (Å²) >= 11 is 3.29. The first-order valence-corrected chi connectivity index (χ1v) is 7.60. The van der Waals surface area contributed by atoms with Crippen LogP contribution in [0.5, 0.6) is 0 Å². The summed E-state index contributed by atoms with van der Waals surface area (Å²) in [5.74, 6) is -1.45. The summed E-state index contributed by atoms with van der Waals surface area (Å²) in [5.41, 5.74) is 2.35. The van der Waals surface area contributed by atoms with Crippen molar-refractivity contribution in [1.29, 1.82) is 0 Å². The molecule has 1 amide bonds. The van der Waals surface area contributed by atoms with Gasteiger partial charge in [-0.05, 0) is 30.7 Å². The fraction of sp³-hybridized carbons (Fsp3) is 0.176. The molecule has 5 heteroatoms. The van der Waals surface area contributed by atoms with Crippen molar-refractivity contribution in [3.05, 3.63) is 69.7 Å². The standard InChI is InChI=1S/C17H16BrNO3/c1-11-4-2-5-12(8-11)9-15(17(21)22)19-16(20)13-6-3-7-14(18)10-13/h2-8,10,15H,9H2,1H3,(H,19,20)(H,21,22)/t15-/m1/s1. The van der Waals surface area contributed by atoms with Crippen LogP contribution in [0.15, 0.2) is 53.0 Å². The smallest absolute Gasteiger partial charge is 0.326 e. The van der Waals surface area contributed by atoms with Crippen molar-refractivity contribution < 1.29 is 14.7 Å². The van der Waals surface area contributed by atoms with Gasteiger partial charge in [0.05, 0.1) is 0 Å². The fourth-order valence-electron chi connectivity index (χ4n) is 2.15. The van der Waals surface area contributed by atoms with Gasteiger partial charge in [0.15, 0.2) is 0 Å². The number of carbonyl (C=O) groups excluding carboxylic acids is 1. The quantitative estimate of drug-likeness (QED) is 0.859. The number of carbonyl (C=O) groups is 2. The maximum Gasteiger partial charge on any atom is 0.326 e. The van der Waals surface area contributed by atoms with Gasteiger partial charge in [0.2, 0.25) is 0 Å². The number of hydrogen-bond acceptors (Lipinski definition) is 2. The summed E-state index contributed by atoms with van der Waals surface area (Å²) in [5, 5.41) is 11.9. The van der Waals surface area contributed by atoms with Gasteiger partial charge in [0.1, 0.15) is 6.04 Å². The summed E-state index contributed by atoms with van der Waals surface area (Å²) in [4.78, 5) is 23.6. The van der Waals surface area contributed by atoms with E-state index < -0.39 is 17.9 Å². The highest BCUT2D eigenvalue weighted by Crippen LogP contribution is 2.12. The third-order valence-electron chi connectivity index (χ3n) is 3.21. The number of aryl methyl sites for hydroxylation is 1. The van der Waals surface area contributed by atoms with Crippen LogP contribution in [0.3, 0.4) is 0 Å². The third kappa shape index (κ3) is 4.43. The number of aliphatic carboxylic acids is 1. The molecular weight excluding hydrogens is 346 g/mol. The molecule has 0 bridgehead atoms. The first-order chi connectivity index (χ1) is 10.5. The van der Waals surface area contributed by atoms with E-state index in [1.165, 1.54) is 0 Å². The number of carboxylic acids is 1. The number of nitrogens with one attached hydrogen (secondary N) is 1. The highest BCUT2D eigenvalue weighted by Gasteiger charge is 2.21. The molecule has 114 valence electrons. The van der Waals surface area contributed by atoms with Gasteiger partial charge < -0.3 is 10.4 Å². The van der Waals surface area contributed by atoms with E-state index in [4.69, 9.17) is 0 Å². The number of carboxylic acid groups (broad SMARTS) is 1. The highest BCUT2D eigenvalue weighted by molar-refractivity contribution is 9.10. The molecule has 0 aliphatic rings. The second kappa shape index (κ2) is 7.22. The minimum Gasteiger partial charge on any atom is -0.480 e. The second-order valence-electron chi connectivity index (χ2n) is 5.07. The molecule has 0 spiro atoms. The van der Waals surface area contributed by atoms with Gasteiger partial charge in [-0.15, -0.1) is 0 Å². The lowest BCUT2D eigenvalue weighted by Crippen LogP contribution is -2.42. The monoisotopic (exact) mass is 361 g/mol. The van der Waals surface area contributed by atoms with Gasteiger partial charge in [-0.25, -0.2) is 4.79 Å². The molecule has 0 aromatic heterocycles. The Kier molecular flexibility index (Phi) is 5.33. The molecule has 2 aromatic rings. The summed E-state index contributed by atoms with van der Waals surface area (Å²) in [6.45, 7) is 1.94. The number of hydrogen-bond donors (Lipinski definition) is 2. The zero-order valence-corrected chi connectivity index (χ0v) is 13.6. The third-order valence-corrected chi connectivity index (χ3v) is 3.71. The Labute approximate surface area is 137 Å². The largest absolute Gasteiger partial charge is 0.480 e. The van der Waals surface area contributed by atoms with E-state index in [0.717, 1.165) is 15.6 Å². The minimum absolute atomic E-state index is 0.247. The van der Waals surface area contributed by atoms with Crippen LogP contribution >= 0.6 is 15.9 Å². The molecule has 2 rings (SSSR count). The van der Waals surface area contributed by atoms with E-state index in [1.807, 2.05) is 31.2 Å². The molecule has 0 fully saturated rings. The molecule has 1 atom stereocenters. The van der Waals surface area contributed by atoms with Crippen LogP contribution < -0.4 is 5.32 Å². The van der Waals surface area contributed by atoms with Gasteiger partial charge in [-0.3, -0.25) is 4.79 Å². The van der Waals surface area contributed by atoms with E-state index >= 15 is 0 Å². The number of halogens is 1. The molecule has 2 aromatic carbocycles. The lowest BCUT2D eigenvalue weighted by atomic mass is 10.0. The number of amides is 1. The lowest BCUT2D eigenvalue weighted by Gasteiger charge is -2.15. The van der Waals surface area contributed by atoms with Crippen LogP contribution in [0.2, 0.25) is 0 Å². The molecule has 0 unspecified atom stereocenters. The summed E-state index contributed by atoms with van der Waals surface area (Å²) in [6.07, 6.45) is 0.247. The Hall–Kier alpha value is -2.14. The van der Waals surface area contributed by atoms with E-state index in [9.17, 15) is 14.7 Å². The summed E-state index contributed by atoms with van der Waals surface area (Å²) in [6, 6.07) is 13.5. The minimum atomic E-state index is -1.05. The normalized spacial score (nSPS) is 11.7. The van der Waals surface area contributed by atoms with E-state index in [2.05, 4.69) is 21.2 Å². The molecule has 0 saturated heterocycles. The summed E-state index contributed by atoms with van der Waals surface area (Å²) in [7, 11) is 0. The van der Waals surface area contributed by atoms with Crippen LogP contribution in [0.25, 0.3) is 0 Å². The van der Waals surface area contributed by atoms with Crippen molar-refractivity contribution in [1.82, 2.24) is 5.32 Å². The molecule has 0 aliphatic heterocycles. The van der Waals surface area contributed by atoms with E-state index in [0.29, 0.717) is 5.56 Å². The molecule has 4 nitrogen and oxygen atoms in total. The average Bonchev–Trinajstić information content (AvgIpc) is 2.46. The Morgan fingerprint density at radius 3 is 2.55 bits per heavy atom. The van der Waals surface area contributed by atoms with Crippen molar-refractivity contribution in [2.75, 3.05) is 0 Å². The fourth-order valence-corrected chi connectivity index (χ4v) is 2.55. The second-order valence-corrected chi connectivity index (χ2v) is 5.98. The van der Waals surface area contributed by atoms with Gasteiger partial charge in [-0.2, -0.15) is 0 Å². The Morgan fingerprint density at radius 1 is 1.18 bits per heavy atom. The molecule has 0 radical (unpaired) electrons. The average molecular weight is 362 g/mol. The highest BCUT2D eigenvalue weighted by atomic mass is 79.9. The topological polar surface area (TPSA) is 66.4 Å². The first-order valence-electron chi connectivity index (χ1n) is 6.80. The zero-order chi connectivity index (χ0) is 16.1. The number of rotatable bonds is 5. The van der Waals surface area contributed by atoms with Crippen LogP contribution in [0.4, 0.5) is 0 Å². The predicted molar refractivity (Wildman–Crippen MR) is 87.9 cm³/mol. The van der Waals surface area contributed by atoms with Crippen molar-refractivity contribution in [3.8, 4) is 0 Å². The molecule has 0 heterocycles. The molecule has 2 N–H and O–H groups in total. The van der Waals surface area contributed by atoms with Gasteiger partial charge in [-0.1, -0.05) is 51.8 Å². The number of benzene rings is 2. The van der Waals surface area contributed by atoms with Crippen LogP contribution in [-0.4, -0.2) is 23.0 Å². The maximum atomic E-state index is 12.2. The zero-order valence-electron chi connectivity index (χ0n) is 12.0. The van der Waals surface area contributed by atoms with Crippen LogP contribution in [0, 0.1) is 6.92 Å². The van der Waals surface area contributed by atoms with Crippen molar-refractivity contribution in [2.24, 2.45) is 0 Å². The molecular formula is C17H16BrNO3. The SMILES string of the molecule is Cc1cccc(C[C@@H](NC(=O)c2cccc(Br)c2)C(=O)O)c1. The van der Waals surface area contributed by atoms with Crippen LogP contribution in [-0.2, 0) is 11.2 Å². The Morgan fingerprint density at radius 2 is 1.91 bits per heavy atom.